The highest BCUT2D eigenvalue weighted by atomic mass is 32.2. The number of nitrogens with two attached hydrogens (primary N) is 2. The van der Waals surface area contributed by atoms with Gasteiger partial charge in [0.05, 0.1) is 19.3 Å². The van der Waals surface area contributed by atoms with Crippen molar-refractivity contribution in [3.8, 4) is 0 Å². The van der Waals surface area contributed by atoms with Crippen molar-refractivity contribution >= 4 is 50.3 Å². The van der Waals surface area contributed by atoms with Crippen LogP contribution >= 0.6 is 11.3 Å². The van der Waals surface area contributed by atoms with Crippen LogP contribution in [0.5, 0.6) is 0 Å². The van der Waals surface area contributed by atoms with Crippen molar-refractivity contribution in [2.75, 3.05) is 5.73 Å². The minimum absolute atomic E-state index is 0.0415. The van der Waals surface area contributed by atoms with Crippen LogP contribution in [0.4, 0.5) is 5.13 Å². The second kappa shape index (κ2) is 10.9. The van der Waals surface area contributed by atoms with Gasteiger partial charge in [-0.25, -0.2) is 14.1 Å². The average molecular weight is 578 g/mol. The van der Waals surface area contributed by atoms with E-state index < -0.39 is 64.4 Å². The molecule has 0 aliphatic carbocycles. The smallest absolute Gasteiger partial charge is 0.362 e. The number of nitrogen functional groups attached to an aromatic ring is 1. The van der Waals surface area contributed by atoms with E-state index in [2.05, 4.69) is 25.7 Å². The Bertz CT molecular complexity index is 1350. The summed E-state index contributed by atoms with van der Waals surface area (Å²) in [6.07, 6.45) is -0.360. The van der Waals surface area contributed by atoms with E-state index in [4.69, 9.17) is 26.1 Å². The first kappa shape index (κ1) is 28.8. The summed E-state index contributed by atoms with van der Waals surface area (Å²) in [5.74, 6) is -3.67. The third-order valence-electron chi connectivity index (χ3n) is 4.90. The summed E-state index contributed by atoms with van der Waals surface area (Å²) in [5.41, 5.74) is 8.35. The molecule has 3 atom stereocenters. The number of carbonyl (C=O) groups excluding carboxylic acids is 2. The van der Waals surface area contributed by atoms with E-state index in [1.165, 1.54) is 25.4 Å². The van der Waals surface area contributed by atoms with Crippen molar-refractivity contribution in [3.05, 3.63) is 23.0 Å². The first-order valence-corrected chi connectivity index (χ1v) is 12.6. The molecule has 2 amide bonds. The van der Waals surface area contributed by atoms with Crippen LogP contribution < -0.4 is 16.8 Å². The lowest BCUT2D eigenvalue weighted by molar-refractivity contribution is -0.161. The summed E-state index contributed by atoms with van der Waals surface area (Å²) < 4.78 is 38.0. The van der Waals surface area contributed by atoms with Gasteiger partial charge in [0.2, 0.25) is 12.0 Å². The fraction of sp³-hybridized carbons (Fsp3) is 0.471. The molecule has 2 aromatic heterocycles. The van der Waals surface area contributed by atoms with Crippen molar-refractivity contribution in [1.29, 1.82) is 0 Å². The number of aliphatic hydroxyl groups is 1. The summed E-state index contributed by atoms with van der Waals surface area (Å²) in [5, 5.41) is 33.3. The summed E-state index contributed by atoms with van der Waals surface area (Å²) in [6.45, 7) is 1.68. The molecule has 0 saturated carbocycles. The molecule has 0 aromatic carbocycles. The molecule has 2 aromatic rings. The SMILES string of the molecule is CC(C)(O/N=C(\C(=O)N[C@@H]1C(=O)N(S(=O)(=O)O)[C@@H]1Cn1ncc(COC(N)O)n1)c1csc(N)n1)C(=O)O. The van der Waals surface area contributed by atoms with E-state index in [-0.39, 0.29) is 27.4 Å². The summed E-state index contributed by atoms with van der Waals surface area (Å²) >= 11 is 0.936. The van der Waals surface area contributed by atoms with Crippen LogP contribution in [-0.4, -0.2) is 95.1 Å². The summed E-state index contributed by atoms with van der Waals surface area (Å²) in [4.78, 5) is 46.9. The molecule has 8 N–H and O–H groups in total. The van der Waals surface area contributed by atoms with Crippen LogP contribution in [0.2, 0.25) is 0 Å². The summed E-state index contributed by atoms with van der Waals surface area (Å²) in [6, 6.07) is -2.91. The number of aromatic nitrogens is 4. The maximum Gasteiger partial charge on any atom is 0.362 e. The Hall–Kier alpha value is -3.76. The van der Waals surface area contributed by atoms with Gasteiger partial charge < -0.3 is 30.8 Å². The number of β-lactam (4-membered cyclic amide) rings is 1. The highest BCUT2D eigenvalue weighted by molar-refractivity contribution is 7.84. The van der Waals surface area contributed by atoms with E-state index in [0.717, 1.165) is 16.1 Å². The van der Waals surface area contributed by atoms with Gasteiger partial charge in [-0.2, -0.15) is 23.4 Å². The van der Waals surface area contributed by atoms with Gasteiger partial charge in [0, 0.05) is 5.38 Å². The number of nitrogens with one attached hydrogen (secondary N) is 1. The molecule has 0 bridgehead atoms. The van der Waals surface area contributed by atoms with Crippen LogP contribution in [0, 0.1) is 0 Å². The number of ether oxygens (including phenoxy) is 1. The second-order valence-corrected chi connectivity index (χ2v) is 10.3. The van der Waals surface area contributed by atoms with Crippen LogP contribution in [-0.2, 0) is 47.4 Å². The van der Waals surface area contributed by atoms with Gasteiger partial charge in [-0.3, -0.25) is 19.9 Å². The van der Waals surface area contributed by atoms with Crippen LogP contribution in [0.3, 0.4) is 0 Å². The number of nitrogens with zero attached hydrogens (tertiary/aromatic N) is 6. The normalized spacial score (nSPS) is 19.1. The molecule has 38 heavy (non-hydrogen) atoms. The van der Waals surface area contributed by atoms with Crippen molar-refractivity contribution < 1.29 is 47.1 Å². The van der Waals surface area contributed by atoms with Crippen molar-refractivity contribution in [2.45, 2.75) is 51.1 Å². The minimum atomic E-state index is -5.03. The number of carbonyl (C=O) groups is 3. The Morgan fingerprint density at radius 1 is 1.39 bits per heavy atom. The molecule has 1 fully saturated rings. The number of aliphatic carboxylic acids is 1. The van der Waals surface area contributed by atoms with Crippen LogP contribution in [0.25, 0.3) is 0 Å². The topological polar surface area (TPSA) is 288 Å². The number of thiazole rings is 1. The molecule has 1 aliphatic heterocycles. The maximum absolute atomic E-state index is 13.1. The number of carboxylic acid groups (broad SMARTS) is 1. The number of hydrogen-bond acceptors (Lipinski definition) is 15. The second-order valence-electron chi connectivity index (χ2n) is 8.14. The Morgan fingerprint density at radius 3 is 2.63 bits per heavy atom. The molecule has 0 radical (unpaired) electrons. The van der Waals surface area contributed by atoms with Gasteiger partial charge >= 0.3 is 16.3 Å². The van der Waals surface area contributed by atoms with Crippen molar-refractivity contribution in [3.63, 3.8) is 0 Å². The molecule has 0 spiro atoms. The van der Waals surface area contributed by atoms with E-state index in [1.807, 2.05) is 0 Å². The Morgan fingerprint density at radius 2 is 2.08 bits per heavy atom. The van der Waals surface area contributed by atoms with Gasteiger partial charge in [0.15, 0.2) is 10.8 Å². The van der Waals surface area contributed by atoms with E-state index >= 15 is 0 Å². The summed E-state index contributed by atoms with van der Waals surface area (Å²) in [7, 11) is -5.03. The number of amides is 2. The average Bonchev–Trinajstić information content (AvgIpc) is 3.43. The Balaban J connectivity index is 1.85. The molecule has 21 heteroatoms. The number of aliphatic hydroxyl groups excluding tert-OH is 1. The standard InChI is InChI=1S/C17H23N9O10S2/c1-17(2,14(29)30)36-24-10(8-6-37-15(18)21-8)12(27)22-11-9(26(13(11)28)38(32,33)34)4-25-20-3-7(23-25)5-35-16(19)31/h3,6,9,11,16,31H,4-5,19H2,1-2H3,(H2,18,21)(H,22,27)(H,29,30)(H,32,33,34)/b24-10-/t9-,11+,16?/m1/s1. The highest BCUT2D eigenvalue weighted by Crippen LogP contribution is 2.25. The molecule has 3 heterocycles. The number of carboxylic acids is 1. The third kappa shape index (κ3) is 6.56. The Kier molecular flexibility index (Phi) is 8.28. The molecule has 1 unspecified atom stereocenters. The number of oxime groups is 1. The fourth-order valence-corrected chi connectivity index (χ4v) is 4.39. The zero-order valence-corrected chi connectivity index (χ0v) is 21.3. The lowest BCUT2D eigenvalue weighted by atomic mass is 9.98. The van der Waals surface area contributed by atoms with Gasteiger partial charge in [-0.1, -0.05) is 5.16 Å². The van der Waals surface area contributed by atoms with E-state index in [1.54, 1.807) is 0 Å². The highest BCUT2D eigenvalue weighted by Gasteiger charge is 2.54. The van der Waals surface area contributed by atoms with Gasteiger partial charge in [0.1, 0.15) is 23.5 Å². The van der Waals surface area contributed by atoms with Gasteiger partial charge in [-0.15, -0.1) is 11.3 Å². The predicted octanol–water partition coefficient (Wildman–Crippen LogP) is -3.15. The number of anilines is 1. The predicted molar refractivity (Wildman–Crippen MR) is 125 cm³/mol. The third-order valence-corrected chi connectivity index (χ3v) is 6.52. The lowest BCUT2D eigenvalue weighted by Gasteiger charge is -2.43. The lowest BCUT2D eigenvalue weighted by Crippen LogP contribution is -2.73. The maximum atomic E-state index is 13.1. The molecule has 208 valence electrons. The van der Waals surface area contributed by atoms with Crippen LogP contribution in [0.1, 0.15) is 25.2 Å². The van der Waals surface area contributed by atoms with Gasteiger partial charge in [-0.05, 0) is 13.8 Å². The first-order valence-electron chi connectivity index (χ1n) is 10.4. The molecular weight excluding hydrogens is 554 g/mol. The Labute approximate surface area is 217 Å². The van der Waals surface area contributed by atoms with Crippen molar-refractivity contribution in [1.82, 2.24) is 29.6 Å². The largest absolute Gasteiger partial charge is 0.478 e. The van der Waals surface area contributed by atoms with E-state index in [9.17, 15) is 32.5 Å². The first-order chi connectivity index (χ1) is 17.6. The zero-order valence-electron chi connectivity index (χ0n) is 19.7. The zero-order chi connectivity index (χ0) is 28.4. The minimum Gasteiger partial charge on any atom is -0.478 e. The molecular formula is C17H23N9O10S2. The molecule has 19 nitrogen and oxygen atoms in total. The quantitative estimate of drug-likeness (QED) is 0.0477. The number of rotatable bonds is 12. The van der Waals surface area contributed by atoms with Crippen LogP contribution in [0.15, 0.2) is 16.7 Å². The van der Waals surface area contributed by atoms with E-state index in [0.29, 0.717) is 0 Å². The fourth-order valence-electron chi connectivity index (χ4n) is 2.98. The monoisotopic (exact) mass is 577 g/mol. The molecule has 3 rings (SSSR count). The van der Waals surface area contributed by atoms with Gasteiger partial charge in [0.25, 0.3) is 11.8 Å². The molecule has 1 saturated heterocycles. The number of hydrogen-bond donors (Lipinski definition) is 6. The van der Waals surface area contributed by atoms with Crippen molar-refractivity contribution in [2.24, 2.45) is 10.9 Å². The molecule has 1 aliphatic rings.